The van der Waals surface area contributed by atoms with Gasteiger partial charge in [-0.25, -0.2) is 4.79 Å². The molecule has 0 aromatic rings. The van der Waals surface area contributed by atoms with Crippen molar-refractivity contribution in [1.82, 2.24) is 5.06 Å². The van der Waals surface area contributed by atoms with Crippen LogP contribution in [0.3, 0.4) is 0 Å². The molecule has 1 aliphatic heterocycles. The fourth-order valence-corrected chi connectivity index (χ4v) is 1.84. The van der Waals surface area contributed by atoms with Crippen LogP contribution in [0.15, 0.2) is 0 Å². The molecule has 0 aliphatic carbocycles. The molecular weight excluding hydrogens is 338 g/mol. The maximum Gasteiger partial charge on any atom is 0.333 e. The molecule has 1 heterocycles. The van der Waals surface area contributed by atoms with Crippen molar-refractivity contribution in [3.8, 4) is 0 Å². The van der Waals surface area contributed by atoms with Gasteiger partial charge >= 0.3 is 17.9 Å². The standard InChI is InChI=1S/C15H21NO9/c1-10(17)23-8-12(9-24-11(2)18)22-7-3-4-15(21)25-16-13(19)5-6-14(16)20/h12H,3-9H2,1-2H3. The molecule has 1 rings (SSSR count). The number of amides is 2. The van der Waals surface area contributed by atoms with Crippen molar-refractivity contribution in [3.63, 3.8) is 0 Å². The number of nitrogens with zero attached hydrogens (tertiary/aromatic N) is 1. The maximum atomic E-state index is 11.6. The van der Waals surface area contributed by atoms with Crippen molar-refractivity contribution in [2.75, 3.05) is 19.8 Å². The van der Waals surface area contributed by atoms with E-state index in [-0.39, 0.29) is 45.5 Å². The molecule has 140 valence electrons. The van der Waals surface area contributed by atoms with Crippen LogP contribution in [-0.2, 0) is 43.0 Å². The molecule has 0 aromatic heterocycles. The van der Waals surface area contributed by atoms with Gasteiger partial charge in [-0.05, 0) is 6.42 Å². The van der Waals surface area contributed by atoms with Gasteiger partial charge in [0.1, 0.15) is 19.3 Å². The second-order valence-electron chi connectivity index (χ2n) is 5.25. The Balaban J connectivity index is 2.28. The average Bonchev–Trinajstić information content (AvgIpc) is 2.84. The predicted molar refractivity (Wildman–Crippen MR) is 79.4 cm³/mol. The molecule has 1 aliphatic rings. The van der Waals surface area contributed by atoms with Crippen molar-refractivity contribution < 1.29 is 43.0 Å². The van der Waals surface area contributed by atoms with E-state index in [0.717, 1.165) is 0 Å². The highest BCUT2D eigenvalue weighted by Gasteiger charge is 2.32. The first kappa shape index (κ1) is 20.6. The van der Waals surface area contributed by atoms with Crippen LogP contribution in [0, 0.1) is 0 Å². The van der Waals surface area contributed by atoms with Crippen LogP contribution < -0.4 is 0 Å². The zero-order valence-corrected chi connectivity index (χ0v) is 14.1. The molecule has 10 heteroatoms. The summed E-state index contributed by atoms with van der Waals surface area (Å²) in [6, 6.07) is 0. The molecule has 0 N–H and O–H groups in total. The zero-order valence-electron chi connectivity index (χ0n) is 14.1. The first-order chi connectivity index (χ1) is 11.8. The van der Waals surface area contributed by atoms with E-state index in [1.165, 1.54) is 13.8 Å². The summed E-state index contributed by atoms with van der Waals surface area (Å²) in [7, 11) is 0. The average molecular weight is 359 g/mol. The van der Waals surface area contributed by atoms with Gasteiger partial charge in [0.25, 0.3) is 11.8 Å². The fraction of sp³-hybridized carbons (Fsp3) is 0.667. The molecule has 1 fully saturated rings. The van der Waals surface area contributed by atoms with Crippen LogP contribution in [0.5, 0.6) is 0 Å². The van der Waals surface area contributed by atoms with E-state index < -0.39 is 35.8 Å². The van der Waals surface area contributed by atoms with Crippen LogP contribution in [0.4, 0.5) is 0 Å². The number of hydroxylamine groups is 2. The monoisotopic (exact) mass is 359 g/mol. The minimum Gasteiger partial charge on any atom is -0.463 e. The molecule has 1 saturated heterocycles. The van der Waals surface area contributed by atoms with Gasteiger partial charge in [-0.3, -0.25) is 19.2 Å². The third kappa shape index (κ3) is 8.25. The van der Waals surface area contributed by atoms with E-state index in [1.54, 1.807) is 0 Å². The number of ether oxygens (including phenoxy) is 3. The number of rotatable bonds is 10. The van der Waals surface area contributed by atoms with Crippen molar-refractivity contribution in [2.45, 2.75) is 45.6 Å². The van der Waals surface area contributed by atoms with Crippen LogP contribution in [0.25, 0.3) is 0 Å². The van der Waals surface area contributed by atoms with Crippen LogP contribution >= 0.6 is 0 Å². The Bertz CT molecular complexity index is 497. The van der Waals surface area contributed by atoms with Gasteiger partial charge in [0.05, 0.1) is 6.42 Å². The van der Waals surface area contributed by atoms with E-state index in [1.807, 2.05) is 0 Å². The lowest BCUT2D eigenvalue weighted by molar-refractivity contribution is -0.197. The van der Waals surface area contributed by atoms with Crippen molar-refractivity contribution in [1.29, 1.82) is 0 Å². The molecule has 0 spiro atoms. The third-order valence-corrected chi connectivity index (χ3v) is 3.02. The highest BCUT2D eigenvalue weighted by Crippen LogP contribution is 2.13. The normalized spacial score (nSPS) is 14.0. The van der Waals surface area contributed by atoms with E-state index in [2.05, 4.69) is 0 Å². The van der Waals surface area contributed by atoms with Crippen molar-refractivity contribution in [3.05, 3.63) is 0 Å². The second kappa shape index (κ2) is 10.4. The summed E-state index contributed by atoms with van der Waals surface area (Å²) in [4.78, 5) is 60.6. The summed E-state index contributed by atoms with van der Waals surface area (Å²) in [5, 5.41) is 0.480. The molecule has 0 radical (unpaired) electrons. The topological polar surface area (TPSA) is 126 Å². The lowest BCUT2D eigenvalue weighted by Gasteiger charge is -2.17. The third-order valence-electron chi connectivity index (χ3n) is 3.02. The first-order valence-electron chi connectivity index (χ1n) is 7.74. The Hall–Kier alpha value is -2.49. The zero-order chi connectivity index (χ0) is 18.8. The minimum atomic E-state index is -0.733. The maximum absolute atomic E-state index is 11.6. The van der Waals surface area contributed by atoms with E-state index >= 15 is 0 Å². The van der Waals surface area contributed by atoms with Crippen LogP contribution in [0.2, 0.25) is 0 Å². The summed E-state index contributed by atoms with van der Waals surface area (Å²) in [6.45, 7) is 2.39. The Labute approximate surface area is 144 Å². The lowest BCUT2D eigenvalue weighted by Crippen LogP contribution is -2.32. The van der Waals surface area contributed by atoms with E-state index in [0.29, 0.717) is 5.06 Å². The van der Waals surface area contributed by atoms with Gasteiger partial charge in [0.2, 0.25) is 0 Å². The van der Waals surface area contributed by atoms with Crippen LogP contribution in [-0.4, -0.2) is 60.7 Å². The number of hydrogen-bond acceptors (Lipinski definition) is 9. The van der Waals surface area contributed by atoms with E-state index in [4.69, 9.17) is 19.0 Å². The van der Waals surface area contributed by atoms with Crippen LogP contribution in [0.1, 0.15) is 39.5 Å². The molecule has 10 nitrogen and oxygen atoms in total. The number of imide groups is 1. The minimum absolute atomic E-state index is 0.0310. The molecule has 25 heavy (non-hydrogen) atoms. The summed E-state index contributed by atoms with van der Waals surface area (Å²) >= 11 is 0. The highest BCUT2D eigenvalue weighted by molar-refractivity contribution is 6.01. The molecule has 2 amide bonds. The quantitative estimate of drug-likeness (QED) is 0.298. The summed E-state index contributed by atoms with van der Waals surface area (Å²) < 4.78 is 15.0. The summed E-state index contributed by atoms with van der Waals surface area (Å²) in [5.41, 5.74) is 0. The summed E-state index contributed by atoms with van der Waals surface area (Å²) in [6.07, 6.45) is -0.436. The molecule has 0 aromatic carbocycles. The van der Waals surface area contributed by atoms with E-state index in [9.17, 15) is 24.0 Å². The van der Waals surface area contributed by atoms with Gasteiger partial charge < -0.3 is 19.0 Å². The second-order valence-corrected chi connectivity index (χ2v) is 5.25. The number of carbonyl (C=O) groups excluding carboxylic acids is 5. The highest BCUT2D eigenvalue weighted by atomic mass is 16.7. The smallest absolute Gasteiger partial charge is 0.333 e. The number of carbonyl (C=O) groups is 5. The molecule has 0 saturated carbocycles. The van der Waals surface area contributed by atoms with Gasteiger partial charge in [-0.15, -0.1) is 5.06 Å². The molecule has 0 unspecified atom stereocenters. The Morgan fingerprint density at radius 3 is 2.00 bits per heavy atom. The largest absolute Gasteiger partial charge is 0.463 e. The molecular formula is C15H21NO9. The Kier molecular flexibility index (Phi) is 8.54. The SMILES string of the molecule is CC(=O)OCC(COC(C)=O)OCCCC(=O)ON1C(=O)CCC1=O. The van der Waals surface area contributed by atoms with Gasteiger partial charge in [0, 0.05) is 33.3 Å². The van der Waals surface area contributed by atoms with Gasteiger partial charge in [0.15, 0.2) is 0 Å². The Morgan fingerprint density at radius 2 is 1.52 bits per heavy atom. The summed E-state index contributed by atoms with van der Waals surface area (Å²) in [5.74, 6) is -2.82. The van der Waals surface area contributed by atoms with Gasteiger partial charge in [-0.1, -0.05) is 0 Å². The number of esters is 2. The lowest BCUT2D eigenvalue weighted by atomic mass is 10.3. The number of hydrogen-bond donors (Lipinski definition) is 0. The molecule has 0 atom stereocenters. The predicted octanol–water partition coefficient (Wildman–Crippen LogP) is -0.115. The molecule has 0 bridgehead atoms. The first-order valence-corrected chi connectivity index (χ1v) is 7.74. The fourth-order valence-electron chi connectivity index (χ4n) is 1.84. The Morgan fingerprint density at radius 1 is 1.00 bits per heavy atom. The van der Waals surface area contributed by atoms with Crippen molar-refractivity contribution in [2.24, 2.45) is 0 Å². The van der Waals surface area contributed by atoms with Gasteiger partial charge in [-0.2, -0.15) is 0 Å². The van der Waals surface area contributed by atoms with Crippen molar-refractivity contribution >= 4 is 29.7 Å².